The van der Waals surface area contributed by atoms with E-state index in [1.807, 2.05) is 64.6 Å². The van der Waals surface area contributed by atoms with E-state index in [9.17, 15) is 0 Å². The summed E-state index contributed by atoms with van der Waals surface area (Å²) < 4.78 is 9.37. The lowest BCUT2D eigenvalue weighted by Crippen LogP contribution is -2.00. The summed E-state index contributed by atoms with van der Waals surface area (Å²) in [6, 6.07) is 13.8. The van der Waals surface area contributed by atoms with Crippen molar-refractivity contribution in [2.45, 2.75) is 24.8 Å². The van der Waals surface area contributed by atoms with E-state index in [4.69, 9.17) is 4.74 Å². The number of imidazole rings is 1. The number of hydrogen-bond acceptors (Lipinski definition) is 7. The van der Waals surface area contributed by atoms with Gasteiger partial charge < -0.3 is 4.74 Å². The van der Waals surface area contributed by atoms with Crippen LogP contribution in [0, 0.1) is 13.8 Å². The average molecular weight is 444 g/mol. The van der Waals surface area contributed by atoms with Gasteiger partial charge >= 0.3 is 0 Å². The molecule has 5 aromatic rings. The number of rotatable bonds is 6. The molecule has 1 aromatic carbocycles. The van der Waals surface area contributed by atoms with Crippen molar-refractivity contribution in [1.82, 2.24) is 34.1 Å². The molecule has 32 heavy (non-hydrogen) atoms. The largest absolute Gasteiger partial charge is 0.497 e. The SMILES string of the molecule is COc1ccc(-n2c(SCc3cn4c(C)cc(C)nc4n3)nnc2-c2ccncc2)cc1. The van der Waals surface area contributed by atoms with Crippen LogP contribution in [0.15, 0.2) is 66.2 Å². The summed E-state index contributed by atoms with van der Waals surface area (Å²) in [5, 5.41) is 9.75. The van der Waals surface area contributed by atoms with Crippen molar-refractivity contribution in [3.8, 4) is 22.8 Å². The number of aryl methyl sites for hydroxylation is 2. The zero-order valence-corrected chi connectivity index (χ0v) is 18.7. The molecule has 0 unspecified atom stereocenters. The van der Waals surface area contributed by atoms with Gasteiger partial charge in [0.25, 0.3) is 0 Å². The molecule has 8 nitrogen and oxygen atoms in total. The quantitative estimate of drug-likeness (QED) is 0.362. The van der Waals surface area contributed by atoms with Crippen LogP contribution in [-0.2, 0) is 5.75 Å². The molecular weight excluding hydrogens is 422 g/mol. The predicted molar refractivity (Wildman–Crippen MR) is 123 cm³/mol. The van der Waals surface area contributed by atoms with Gasteiger partial charge in [-0.1, -0.05) is 11.8 Å². The molecule has 0 saturated heterocycles. The molecular formula is C23H21N7OS. The molecule has 4 aromatic heterocycles. The number of aromatic nitrogens is 7. The lowest BCUT2D eigenvalue weighted by molar-refractivity contribution is 0.414. The first-order valence-corrected chi connectivity index (χ1v) is 11.1. The van der Waals surface area contributed by atoms with Gasteiger partial charge in [0.2, 0.25) is 5.78 Å². The maximum atomic E-state index is 5.31. The maximum Gasteiger partial charge on any atom is 0.234 e. The summed E-state index contributed by atoms with van der Waals surface area (Å²) in [6.07, 6.45) is 5.54. The number of pyridine rings is 1. The summed E-state index contributed by atoms with van der Waals surface area (Å²) in [5.74, 6) is 2.91. The summed E-state index contributed by atoms with van der Waals surface area (Å²) in [5.41, 5.74) is 4.90. The Bertz CT molecular complexity index is 1380. The van der Waals surface area contributed by atoms with Gasteiger partial charge in [-0.15, -0.1) is 10.2 Å². The highest BCUT2D eigenvalue weighted by Gasteiger charge is 2.17. The summed E-state index contributed by atoms with van der Waals surface area (Å²) in [7, 11) is 1.66. The highest BCUT2D eigenvalue weighted by Crippen LogP contribution is 2.30. The van der Waals surface area contributed by atoms with Crippen molar-refractivity contribution in [1.29, 1.82) is 0 Å². The van der Waals surface area contributed by atoms with E-state index >= 15 is 0 Å². The van der Waals surface area contributed by atoms with Crippen LogP contribution in [0.2, 0.25) is 0 Å². The van der Waals surface area contributed by atoms with E-state index in [-0.39, 0.29) is 0 Å². The predicted octanol–water partition coefficient (Wildman–Crippen LogP) is 4.29. The highest BCUT2D eigenvalue weighted by molar-refractivity contribution is 7.98. The highest BCUT2D eigenvalue weighted by atomic mass is 32.2. The van der Waals surface area contributed by atoms with Crippen molar-refractivity contribution in [2.24, 2.45) is 0 Å². The van der Waals surface area contributed by atoms with E-state index in [2.05, 4.69) is 32.1 Å². The molecule has 0 N–H and O–H groups in total. The molecule has 0 aliphatic carbocycles. The molecule has 0 atom stereocenters. The fourth-order valence-electron chi connectivity index (χ4n) is 3.54. The minimum atomic E-state index is 0.645. The Morgan fingerprint density at radius 2 is 1.75 bits per heavy atom. The third-order valence-electron chi connectivity index (χ3n) is 5.06. The molecule has 4 heterocycles. The molecule has 0 amide bonds. The second-order valence-corrected chi connectivity index (χ2v) is 8.25. The van der Waals surface area contributed by atoms with E-state index < -0.39 is 0 Å². The van der Waals surface area contributed by atoms with Crippen LogP contribution in [0.25, 0.3) is 22.9 Å². The lowest BCUT2D eigenvalue weighted by atomic mass is 10.2. The minimum absolute atomic E-state index is 0.645. The van der Waals surface area contributed by atoms with Gasteiger partial charge in [-0.05, 0) is 56.3 Å². The molecule has 0 saturated carbocycles. The maximum absolute atomic E-state index is 5.31. The van der Waals surface area contributed by atoms with Crippen LogP contribution in [0.4, 0.5) is 0 Å². The number of ether oxygens (including phenoxy) is 1. The topological polar surface area (TPSA) is 83.0 Å². The second kappa shape index (κ2) is 8.43. The summed E-state index contributed by atoms with van der Waals surface area (Å²) in [6.45, 7) is 4.04. The molecule has 0 aliphatic rings. The van der Waals surface area contributed by atoms with Crippen LogP contribution < -0.4 is 4.74 Å². The van der Waals surface area contributed by atoms with Gasteiger partial charge in [0.05, 0.1) is 12.8 Å². The van der Waals surface area contributed by atoms with Crippen LogP contribution >= 0.6 is 11.8 Å². The van der Waals surface area contributed by atoms with Crippen molar-refractivity contribution in [2.75, 3.05) is 7.11 Å². The molecule has 0 fully saturated rings. The van der Waals surface area contributed by atoms with Crippen LogP contribution in [0.1, 0.15) is 17.1 Å². The average Bonchev–Trinajstić information content (AvgIpc) is 3.42. The van der Waals surface area contributed by atoms with Gasteiger partial charge in [0.1, 0.15) is 5.75 Å². The first-order chi connectivity index (χ1) is 15.6. The molecule has 0 spiro atoms. The molecule has 9 heteroatoms. The monoisotopic (exact) mass is 443 g/mol. The van der Waals surface area contributed by atoms with Crippen LogP contribution in [-0.4, -0.2) is 41.2 Å². The zero-order chi connectivity index (χ0) is 22.1. The number of methoxy groups -OCH3 is 1. The van der Waals surface area contributed by atoms with Gasteiger partial charge in [-0.2, -0.15) is 0 Å². The van der Waals surface area contributed by atoms with E-state index in [0.717, 1.165) is 45.1 Å². The van der Waals surface area contributed by atoms with Crippen molar-refractivity contribution < 1.29 is 4.74 Å². The van der Waals surface area contributed by atoms with Gasteiger partial charge in [-0.3, -0.25) is 14.0 Å². The Morgan fingerprint density at radius 3 is 2.50 bits per heavy atom. The smallest absolute Gasteiger partial charge is 0.234 e. The zero-order valence-electron chi connectivity index (χ0n) is 17.9. The standard InChI is InChI=1S/C23H21N7OS/c1-15-12-16(2)29-13-18(26-22(29)25-15)14-32-23-28-27-21(17-8-10-24-11-9-17)30(23)19-4-6-20(31-3)7-5-19/h4-13H,14H2,1-3H3. The molecule has 0 radical (unpaired) electrons. The number of fused-ring (bicyclic) bond motifs is 1. The first-order valence-electron chi connectivity index (χ1n) is 10.1. The van der Waals surface area contributed by atoms with Gasteiger partial charge in [-0.25, -0.2) is 9.97 Å². The number of thioether (sulfide) groups is 1. The Morgan fingerprint density at radius 1 is 0.969 bits per heavy atom. The number of hydrogen-bond donors (Lipinski definition) is 0. The molecule has 0 aliphatic heterocycles. The fraction of sp³-hybridized carbons (Fsp3) is 0.174. The minimum Gasteiger partial charge on any atom is -0.497 e. The van der Waals surface area contributed by atoms with Gasteiger partial charge in [0, 0.05) is 47.0 Å². The van der Waals surface area contributed by atoms with E-state index in [1.165, 1.54) is 0 Å². The third-order valence-corrected chi connectivity index (χ3v) is 6.03. The fourth-order valence-corrected chi connectivity index (χ4v) is 4.38. The molecule has 0 bridgehead atoms. The normalized spacial score (nSPS) is 11.2. The van der Waals surface area contributed by atoms with Crippen LogP contribution in [0.3, 0.4) is 0 Å². The Labute approximate surface area is 189 Å². The lowest BCUT2D eigenvalue weighted by Gasteiger charge is -2.10. The van der Waals surface area contributed by atoms with Crippen molar-refractivity contribution in [3.05, 3.63) is 78.1 Å². The molecule has 5 rings (SSSR count). The summed E-state index contributed by atoms with van der Waals surface area (Å²) in [4.78, 5) is 13.3. The van der Waals surface area contributed by atoms with Crippen molar-refractivity contribution in [3.63, 3.8) is 0 Å². The second-order valence-electron chi connectivity index (χ2n) is 7.31. The Balaban J connectivity index is 1.51. The van der Waals surface area contributed by atoms with Crippen molar-refractivity contribution >= 4 is 17.5 Å². The number of benzene rings is 1. The Hall–Kier alpha value is -3.72. The Kier molecular flexibility index (Phi) is 5.32. The third kappa shape index (κ3) is 3.82. The summed E-state index contributed by atoms with van der Waals surface area (Å²) >= 11 is 1.58. The van der Waals surface area contributed by atoms with E-state index in [1.54, 1.807) is 31.3 Å². The van der Waals surface area contributed by atoms with Gasteiger partial charge in [0.15, 0.2) is 11.0 Å². The van der Waals surface area contributed by atoms with Crippen LogP contribution in [0.5, 0.6) is 5.75 Å². The van der Waals surface area contributed by atoms with E-state index in [0.29, 0.717) is 11.5 Å². The first kappa shape index (κ1) is 20.2. The number of nitrogens with zero attached hydrogens (tertiary/aromatic N) is 7. The molecule has 160 valence electrons.